The molecule has 0 atom stereocenters. The third kappa shape index (κ3) is 4.16. The van der Waals surface area contributed by atoms with Crippen molar-refractivity contribution in [3.8, 4) is 0 Å². The molecule has 1 aromatic heterocycles. The molecule has 1 heterocycles. The Labute approximate surface area is 134 Å². The third-order valence-corrected chi connectivity index (χ3v) is 5.90. The molecule has 0 unspecified atom stereocenters. The smallest absolute Gasteiger partial charge is 0.253 e. The van der Waals surface area contributed by atoms with Crippen LogP contribution in [0.1, 0.15) is 15.9 Å². The molecule has 0 spiro atoms. The topological polar surface area (TPSA) is 66.5 Å². The van der Waals surface area contributed by atoms with Gasteiger partial charge in [-0.3, -0.25) is 4.79 Å². The first-order valence-electron chi connectivity index (χ1n) is 6.74. The number of hydrogen-bond acceptors (Lipinski definition) is 4. The van der Waals surface area contributed by atoms with E-state index in [9.17, 15) is 13.2 Å². The van der Waals surface area contributed by atoms with E-state index in [1.807, 2.05) is 6.07 Å². The lowest BCUT2D eigenvalue weighted by Crippen LogP contribution is -2.25. The molecule has 0 aliphatic carbocycles. The average molecular weight is 338 g/mol. The number of nitrogens with zero attached hydrogens (tertiary/aromatic N) is 1. The summed E-state index contributed by atoms with van der Waals surface area (Å²) in [6.45, 7) is 0.292. The van der Waals surface area contributed by atoms with Crippen molar-refractivity contribution in [2.45, 2.75) is 10.6 Å². The van der Waals surface area contributed by atoms with E-state index in [0.29, 0.717) is 22.7 Å². The number of sulfonamides is 1. The van der Waals surface area contributed by atoms with Crippen molar-refractivity contribution in [1.29, 1.82) is 0 Å². The minimum atomic E-state index is -3.43. The molecule has 1 amide bonds. The Bertz CT molecular complexity index is 738. The summed E-state index contributed by atoms with van der Waals surface area (Å²) < 4.78 is 26.9. The van der Waals surface area contributed by atoms with Gasteiger partial charge in [0.25, 0.3) is 5.91 Å². The highest BCUT2D eigenvalue weighted by Gasteiger charge is 2.14. The largest absolute Gasteiger partial charge is 0.345 e. The minimum absolute atomic E-state index is 0.0685. The van der Waals surface area contributed by atoms with Gasteiger partial charge in [-0.25, -0.2) is 13.1 Å². The molecule has 0 bridgehead atoms. The number of nitrogens with one attached hydrogen (secondary N) is 1. The summed E-state index contributed by atoms with van der Waals surface area (Å²) in [6.07, 6.45) is 0.527. The highest BCUT2D eigenvalue weighted by molar-refractivity contribution is 7.91. The molecule has 0 saturated heterocycles. The molecule has 22 heavy (non-hydrogen) atoms. The SMILES string of the molecule is CN(C)C(=O)c1cccc(CCNS(=O)(=O)c2cccs2)c1. The Balaban J connectivity index is 1.98. The Morgan fingerprint density at radius 3 is 2.64 bits per heavy atom. The highest BCUT2D eigenvalue weighted by atomic mass is 32.2. The number of rotatable bonds is 6. The summed E-state index contributed by atoms with van der Waals surface area (Å²) in [4.78, 5) is 13.4. The van der Waals surface area contributed by atoms with Crippen molar-refractivity contribution < 1.29 is 13.2 Å². The number of benzene rings is 1. The molecule has 0 saturated carbocycles. The molecule has 2 aromatic rings. The van der Waals surface area contributed by atoms with Gasteiger partial charge in [-0.1, -0.05) is 18.2 Å². The molecule has 2 rings (SSSR count). The Hall–Kier alpha value is -1.70. The second kappa shape index (κ2) is 7.04. The minimum Gasteiger partial charge on any atom is -0.345 e. The number of carbonyl (C=O) groups excluding carboxylic acids is 1. The Morgan fingerprint density at radius 1 is 1.23 bits per heavy atom. The van der Waals surface area contributed by atoms with Crippen molar-refractivity contribution in [2.75, 3.05) is 20.6 Å². The van der Waals surface area contributed by atoms with Gasteiger partial charge in [0.15, 0.2) is 0 Å². The van der Waals surface area contributed by atoms with Crippen LogP contribution in [0.4, 0.5) is 0 Å². The first-order chi connectivity index (χ1) is 10.4. The lowest BCUT2D eigenvalue weighted by Gasteiger charge is -2.11. The molecular formula is C15H18N2O3S2. The molecule has 0 aliphatic heterocycles. The maximum Gasteiger partial charge on any atom is 0.253 e. The van der Waals surface area contributed by atoms with E-state index in [4.69, 9.17) is 0 Å². The van der Waals surface area contributed by atoms with E-state index < -0.39 is 10.0 Å². The predicted molar refractivity (Wildman–Crippen MR) is 87.7 cm³/mol. The zero-order valence-electron chi connectivity index (χ0n) is 12.4. The fourth-order valence-corrected chi connectivity index (χ4v) is 4.00. The number of amides is 1. The van der Waals surface area contributed by atoms with Crippen LogP contribution in [0.5, 0.6) is 0 Å². The van der Waals surface area contributed by atoms with Crippen molar-refractivity contribution >= 4 is 27.3 Å². The zero-order valence-corrected chi connectivity index (χ0v) is 14.1. The standard InChI is InChI=1S/C15H18N2O3S2/c1-17(2)15(18)13-6-3-5-12(11-13)8-9-16-22(19,20)14-7-4-10-21-14/h3-7,10-11,16H,8-9H2,1-2H3. The van der Waals surface area contributed by atoms with E-state index in [1.165, 1.54) is 16.2 Å². The molecule has 5 nitrogen and oxygen atoms in total. The molecule has 1 aromatic carbocycles. The van der Waals surface area contributed by atoms with Gasteiger partial charge in [-0.15, -0.1) is 11.3 Å². The molecule has 1 N–H and O–H groups in total. The summed E-state index contributed by atoms with van der Waals surface area (Å²) >= 11 is 1.19. The van der Waals surface area contributed by atoms with E-state index in [0.717, 1.165) is 5.56 Å². The van der Waals surface area contributed by atoms with Crippen LogP contribution in [0.3, 0.4) is 0 Å². The molecule has 0 fully saturated rings. The van der Waals surface area contributed by atoms with E-state index in [1.54, 1.807) is 49.8 Å². The summed E-state index contributed by atoms with van der Waals surface area (Å²) in [5.41, 5.74) is 1.52. The molecular weight excluding hydrogens is 320 g/mol. The van der Waals surface area contributed by atoms with Gasteiger partial charge in [0.05, 0.1) is 0 Å². The Morgan fingerprint density at radius 2 is 2.00 bits per heavy atom. The normalized spacial score (nSPS) is 11.4. The van der Waals surface area contributed by atoms with Crippen LogP contribution in [0.25, 0.3) is 0 Å². The van der Waals surface area contributed by atoms with Gasteiger partial charge in [0, 0.05) is 26.2 Å². The number of thiophene rings is 1. The first-order valence-corrected chi connectivity index (χ1v) is 9.10. The van der Waals surface area contributed by atoms with Crippen molar-refractivity contribution in [3.05, 3.63) is 52.9 Å². The van der Waals surface area contributed by atoms with E-state index >= 15 is 0 Å². The Kier molecular flexibility index (Phi) is 5.33. The fourth-order valence-electron chi connectivity index (χ4n) is 1.94. The van der Waals surface area contributed by atoms with Gasteiger partial charge in [-0.05, 0) is 35.6 Å². The summed E-state index contributed by atoms with van der Waals surface area (Å²) in [6, 6.07) is 10.5. The number of carbonyl (C=O) groups is 1. The van der Waals surface area contributed by atoms with Crippen LogP contribution in [-0.4, -0.2) is 39.9 Å². The second-order valence-corrected chi connectivity index (χ2v) is 7.92. The lowest BCUT2D eigenvalue weighted by molar-refractivity contribution is 0.0827. The number of hydrogen-bond donors (Lipinski definition) is 1. The van der Waals surface area contributed by atoms with Crippen LogP contribution in [0, 0.1) is 0 Å². The maximum atomic E-state index is 12.0. The van der Waals surface area contributed by atoms with Gasteiger partial charge in [-0.2, -0.15) is 0 Å². The van der Waals surface area contributed by atoms with Crippen molar-refractivity contribution in [3.63, 3.8) is 0 Å². The van der Waals surface area contributed by atoms with Crippen LogP contribution in [0.15, 0.2) is 46.0 Å². The summed E-state index contributed by atoms with van der Waals surface area (Å²) in [5, 5.41) is 1.73. The van der Waals surface area contributed by atoms with Gasteiger partial charge in [0.2, 0.25) is 10.0 Å². The second-order valence-electron chi connectivity index (χ2n) is 4.98. The monoisotopic (exact) mass is 338 g/mol. The summed E-state index contributed by atoms with van der Waals surface area (Å²) in [7, 11) is -0.0365. The van der Waals surface area contributed by atoms with E-state index in [-0.39, 0.29) is 5.91 Å². The fraction of sp³-hybridized carbons (Fsp3) is 0.267. The van der Waals surface area contributed by atoms with Crippen molar-refractivity contribution in [1.82, 2.24) is 9.62 Å². The van der Waals surface area contributed by atoms with Crippen LogP contribution in [0.2, 0.25) is 0 Å². The quantitative estimate of drug-likeness (QED) is 0.876. The molecule has 0 radical (unpaired) electrons. The van der Waals surface area contributed by atoms with Crippen LogP contribution in [-0.2, 0) is 16.4 Å². The average Bonchev–Trinajstić information content (AvgIpc) is 3.01. The van der Waals surface area contributed by atoms with Gasteiger partial charge < -0.3 is 4.90 Å². The predicted octanol–water partition coefficient (Wildman–Crippen LogP) is 1.97. The van der Waals surface area contributed by atoms with Gasteiger partial charge >= 0.3 is 0 Å². The van der Waals surface area contributed by atoms with Crippen LogP contribution < -0.4 is 4.72 Å². The van der Waals surface area contributed by atoms with Crippen LogP contribution >= 0.6 is 11.3 Å². The first kappa shape index (κ1) is 16.7. The van der Waals surface area contributed by atoms with Crippen molar-refractivity contribution in [2.24, 2.45) is 0 Å². The molecule has 7 heteroatoms. The molecule has 118 valence electrons. The molecule has 0 aliphatic rings. The van der Waals surface area contributed by atoms with E-state index in [2.05, 4.69) is 4.72 Å². The lowest BCUT2D eigenvalue weighted by atomic mass is 10.1. The maximum absolute atomic E-state index is 12.0. The highest BCUT2D eigenvalue weighted by Crippen LogP contribution is 2.15. The summed E-state index contributed by atoms with van der Waals surface area (Å²) in [5.74, 6) is -0.0685. The third-order valence-electron chi connectivity index (χ3n) is 3.05. The van der Waals surface area contributed by atoms with Gasteiger partial charge in [0.1, 0.15) is 4.21 Å². The zero-order chi connectivity index (χ0) is 16.2.